The molecule has 7 nitrogen and oxygen atoms in total. The van der Waals surface area contributed by atoms with Crippen molar-refractivity contribution in [1.29, 1.82) is 0 Å². The number of benzene rings is 4. The third-order valence-electron chi connectivity index (χ3n) is 9.09. The summed E-state index contributed by atoms with van der Waals surface area (Å²) >= 11 is 0. The minimum absolute atomic E-state index is 0.232. The maximum atomic E-state index is 12.5. The van der Waals surface area contributed by atoms with E-state index in [4.69, 9.17) is 23.7 Å². The van der Waals surface area contributed by atoms with Crippen molar-refractivity contribution in [2.75, 3.05) is 26.3 Å². The van der Waals surface area contributed by atoms with Crippen LogP contribution in [-0.2, 0) is 33.8 Å². The zero-order valence-electron chi connectivity index (χ0n) is 28.9. The van der Waals surface area contributed by atoms with Gasteiger partial charge in [-0.05, 0) is 84.2 Å². The van der Waals surface area contributed by atoms with E-state index in [1.165, 1.54) is 16.7 Å². The fraction of sp³-hybridized carbons (Fsp3) is 0.405. The highest BCUT2D eigenvalue weighted by Crippen LogP contribution is 2.35. The number of aryl methyl sites for hydroxylation is 1. The molecule has 258 valence electrons. The van der Waals surface area contributed by atoms with Crippen LogP contribution in [0.15, 0.2) is 97.1 Å². The van der Waals surface area contributed by atoms with Gasteiger partial charge in [0.2, 0.25) is 5.79 Å². The number of ether oxygens (including phenoxy) is 5. The summed E-state index contributed by atoms with van der Waals surface area (Å²) in [6.45, 7) is 7.74. The van der Waals surface area contributed by atoms with Crippen LogP contribution >= 0.6 is 0 Å². The lowest BCUT2D eigenvalue weighted by Crippen LogP contribution is -2.35. The Morgan fingerprint density at radius 2 is 1.53 bits per heavy atom. The molecule has 0 aromatic heterocycles. The minimum atomic E-state index is -0.624. The third-order valence-corrected chi connectivity index (χ3v) is 9.09. The van der Waals surface area contributed by atoms with Gasteiger partial charge in [-0.15, -0.1) is 0 Å². The normalized spacial score (nSPS) is 16.6. The van der Waals surface area contributed by atoms with E-state index in [1.54, 1.807) is 0 Å². The monoisotopic (exact) mass is 663 g/mol. The number of carbonyl (C=O) groups excluding carboxylic acids is 1. The largest absolute Gasteiger partial charge is 0.489 e. The lowest BCUT2D eigenvalue weighted by atomic mass is 10.0. The van der Waals surface area contributed by atoms with Gasteiger partial charge in [-0.1, -0.05) is 85.6 Å². The van der Waals surface area contributed by atoms with Gasteiger partial charge in [0.1, 0.15) is 24.2 Å². The molecule has 0 bridgehead atoms. The van der Waals surface area contributed by atoms with Gasteiger partial charge >= 0.3 is 6.09 Å². The standard InChI is InChI=1S/C42H49NO6/c1-42(2)47-31-37-27-36(21-22-39(37)49-42)40-29-43(41(44)48-40)23-9-3-4-10-24-45-25-11-8-14-32-17-12-18-34(26-32)35-19-13-20-38(28-35)46-30-33-15-6-5-7-16-33/h5-7,12-13,15-22,26-28,40H,3-4,8-11,14,23-25,29-31H2,1-2H3/t40-/m0/s1. The highest BCUT2D eigenvalue weighted by Gasteiger charge is 2.33. The molecule has 4 aromatic rings. The van der Waals surface area contributed by atoms with Crippen molar-refractivity contribution < 1.29 is 28.5 Å². The highest BCUT2D eigenvalue weighted by molar-refractivity contribution is 5.70. The first kappa shape index (κ1) is 34.5. The Balaban J connectivity index is 0.814. The zero-order chi connectivity index (χ0) is 33.9. The molecule has 1 atom stereocenters. The molecule has 0 aliphatic carbocycles. The van der Waals surface area contributed by atoms with Gasteiger partial charge in [0, 0.05) is 39.2 Å². The molecule has 6 rings (SSSR count). The third kappa shape index (κ3) is 10.1. The molecule has 7 heteroatoms. The van der Waals surface area contributed by atoms with E-state index >= 15 is 0 Å². The molecule has 2 heterocycles. The van der Waals surface area contributed by atoms with E-state index in [2.05, 4.69) is 54.6 Å². The summed E-state index contributed by atoms with van der Waals surface area (Å²) in [6, 6.07) is 33.4. The summed E-state index contributed by atoms with van der Waals surface area (Å²) in [4.78, 5) is 14.3. The molecule has 1 fully saturated rings. The van der Waals surface area contributed by atoms with Crippen molar-refractivity contribution >= 4 is 6.09 Å². The maximum Gasteiger partial charge on any atom is 0.410 e. The number of hydrogen-bond acceptors (Lipinski definition) is 6. The van der Waals surface area contributed by atoms with Crippen LogP contribution in [0.2, 0.25) is 0 Å². The van der Waals surface area contributed by atoms with Gasteiger partial charge in [-0.25, -0.2) is 4.79 Å². The predicted octanol–water partition coefficient (Wildman–Crippen LogP) is 9.67. The summed E-state index contributed by atoms with van der Waals surface area (Å²) in [5, 5.41) is 0. The summed E-state index contributed by atoms with van der Waals surface area (Å²) in [6.07, 6.45) is 6.87. The number of amides is 1. The van der Waals surface area contributed by atoms with Crippen LogP contribution in [0.1, 0.15) is 80.7 Å². The number of carbonyl (C=O) groups is 1. The summed E-state index contributed by atoms with van der Waals surface area (Å²) in [5.74, 6) is 1.09. The fourth-order valence-corrected chi connectivity index (χ4v) is 6.33. The second-order valence-electron chi connectivity index (χ2n) is 13.5. The molecule has 4 aromatic carbocycles. The van der Waals surface area contributed by atoms with Crippen molar-refractivity contribution in [2.24, 2.45) is 0 Å². The van der Waals surface area contributed by atoms with E-state index in [-0.39, 0.29) is 12.2 Å². The average Bonchev–Trinajstić information content (AvgIpc) is 3.49. The van der Waals surface area contributed by atoms with E-state index in [0.29, 0.717) is 19.8 Å². The van der Waals surface area contributed by atoms with Crippen LogP contribution in [0.3, 0.4) is 0 Å². The second-order valence-corrected chi connectivity index (χ2v) is 13.5. The Morgan fingerprint density at radius 3 is 2.39 bits per heavy atom. The van der Waals surface area contributed by atoms with Crippen molar-refractivity contribution in [1.82, 2.24) is 4.90 Å². The van der Waals surface area contributed by atoms with Crippen LogP contribution in [0.4, 0.5) is 4.79 Å². The Morgan fingerprint density at radius 1 is 0.776 bits per heavy atom. The quantitative estimate of drug-likeness (QED) is 0.105. The van der Waals surface area contributed by atoms with E-state index < -0.39 is 5.79 Å². The van der Waals surface area contributed by atoms with Crippen LogP contribution < -0.4 is 9.47 Å². The molecule has 49 heavy (non-hydrogen) atoms. The molecular weight excluding hydrogens is 614 g/mol. The van der Waals surface area contributed by atoms with Crippen LogP contribution in [0, 0.1) is 0 Å². The second kappa shape index (κ2) is 16.9. The van der Waals surface area contributed by atoms with Gasteiger partial charge in [0.15, 0.2) is 0 Å². The molecule has 0 N–H and O–H groups in total. The van der Waals surface area contributed by atoms with E-state index in [9.17, 15) is 4.79 Å². The molecule has 0 unspecified atom stereocenters. The zero-order valence-corrected chi connectivity index (χ0v) is 28.9. The molecule has 1 saturated heterocycles. The van der Waals surface area contributed by atoms with E-state index in [0.717, 1.165) is 92.9 Å². The molecular formula is C42H49NO6. The van der Waals surface area contributed by atoms with Crippen LogP contribution in [0.5, 0.6) is 11.5 Å². The molecule has 1 amide bonds. The van der Waals surface area contributed by atoms with Gasteiger partial charge in [-0.3, -0.25) is 0 Å². The Hall–Kier alpha value is -4.33. The number of cyclic esters (lactones) is 1. The van der Waals surface area contributed by atoms with Gasteiger partial charge in [-0.2, -0.15) is 0 Å². The topological polar surface area (TPSA) is 66.5 Å². The van der Waals surface area contributed by atoms with Crippen molar-refractivity contribution in [2.45, 2.75) is 83.9 Å². The van der Waals surface area contributed by atoms with Gasteiger partial charge < -0.3 is 28.6 Å². The molecule has 0 spiro atoms. The minimum Gasteiger partial charge on any atom is -0.489 e. The fourth-order valence-electron chi connectivity index (χ4n) is 6.33. The lowest BCUT2D eigenvalue weighted by molar-refractivity contribution is -0.180. The Bertz CT molecular complexity index is 1650. The molecule has 0 saturated carbocycles. The SMILES string of the molecule is CC1(C)OCc2cc([C@@H]3CN(CCCCCCOCCCCc4cccc(-c5cccc(OCc6ccccc6)c5)c4)C(=O)O3)ccc2O1. The van der Waals surface area contributed by atoms with Crippen molar-refractivity contribution in [3.63, 3.8) is 0 Å². The Labute approximate surface area is 291 Å². The molecule has 2 aliphatic rings. The first-order valence-corrected chi connectivity index (χ1v) is 17.8. The number of nitrogens with zero attached hydrogens (tertiary/aromatic N) is 1. The van der Waals surface area contributed by atoms with Gasteiger partial charge in [0.25, 0.3) is 0 Å². The maximum absolute atomic E-state index is 12.5. The summed E-state index contributed by atoms with van der Waals surface area (Å²) in [5.41, 5.74) is 6.86. The Kier molecular flexibility index (Phi) is 11.9. The van der Waals surface area contributed by atoms with Crippen LogP contribution in [-0.4, -0.2) is 43.1 Å². The first-order valence-electron chi connectivity index (χ1n) is 17.8. The number of unbranched alkanes of at least 4 members (excludes halogenated alkanes) is 4. The number of rotatable bonds is 17. The number of fused-ring (bicyclic) bond motifs is 1. The first-order chi connectivity index (χ1) is 23.9. The van der Waals surface area contributed by atoms with Gasteiger partial charge in [0.05, 0.1) is 13.2 Å². The van der Waals surface area contributed by atoms with Crippen molar-refractivity contribution in [3.8, 4) is 22.6 Å². The highest BCUT2D eigenvalue weighted by atomic mass is 16.7. The van der Waals surface area contributed by atoms with Crippen LogP contribution in [0.25, 0.3) is 11.1 Å². The number of hydrogen-bond donors (Lipinski definition) is 0. The smallest absolute Gasteiger partial charge is 0.410 e. The molecule has 0 radical (unpaired) electrons. The summed E-state index contributed by atoms with van der Waals surface area (Å²) < 4.78 is 29.3. The predicted molar refractivity (Wildman–Crippen MR) is 192 cm³/mol. The van der Waals surface area contributed by atoms with E-state index in [1.807, 2.05) is 61.2 Å². The molecule has 2 aliphatic heterocycles. The average molecular weight is 664 g/mol. The van der Waals surface area contributed by atoms with Crippen molar-refractivity contribution in [3.05, 3.63) is 119 Å². The lowest BCUT2D eigenvalue weighted by Gasteiger charge is -2.32. The summed E-state index contributed by atoms with van der Waals surface area (Å²) in [7, 11) is 0.